The number of carbonyl (C=O) groups excluding carboxylic acids is 10. The molecule has 33 nitrogen and oxygen atoms in total. The molecule has 1 atom stereocenters. The first-order valence-corrected chi connectivity index (χ1v) is 35.1. The average molecular weight is 1480 g/mol. The molecule has 33 heteroatoms. The lowest BCUT2D eigenvalue weighted by atomic mass is 9.87. The van der Waals surface area contributed by atoms with E-state index in [4.69, 9.17) is 5.73 Å². The number of rotatable bonds is 37. The highest BCUT2D eigenvalue weighted by Gasteiger charge is 2.39. The summed E-state index contributed by atoms with van der Waals surface area (Å²) in [6.07, 6.45) is 15.4. The monoisotopic (exact) mass is 1480 g/mol. The molecule has 0 saturated heterocycles. The normalized spacial score (nSPS) is 12.6. The van der Waals surface area contributed by atoms with Crippen LogP contribution in [0.4, 0.5) is 40.1 Å². The van der Waals surface area contributed by atoms with E-state index in [2.05, 4.69) is 68.1 Å². The van der Waals surface area contributed by atoms with Crippen molar-refractivity contribution >= 4 is 98.4 Å². The van der Waals surface area contributed by atoms with E-state index in [1.807, 2.05) is 13.8 Å². The molecule has 4 amide bonds. The lowest BCUT2D eigenvalue weighted by Crippen LogP contribution is -2.51. The molecule has 1 unspecified atom stereocenters. The SMILES string of the molecule is CC(CCNC(C)(C)C(=O)c1cc(NC(=O)c2c(O)c(NC(C)(C)C(=O)c3nc(NC(=O)c4nccn4C)cn3C)cn2C)cn1C)C(=O)C(C)(C)Nc1cn(C)c(C(=O)Nc2cc(C(=O)C(C)(C)Nc3cc(C(=O)Nc4cc(C(=O)C(C)(C)NCCC(=O)C(C)(C)NCCCN)n(C)c4)n(C)c3)n(C)c2)n1. The zero-order valence-electron chi connectivity index (χ0n) is 65.1. The lowest BCUT2D eigenvalue weighted by Gasteiger charge is -2.29. The van der Waals surface area contributed by atoms with E-state index in [9.17, 15) is 53.1 Å². The van der Waals surface area contributed by atoms with Crippen molar-refractivity contribution in [2.24, 2.45) is 68.0 Å². The number of aromatic hydroxyl groups is 1. The smallest absolute Gasteiger partial charge is 0.292 e. The number of nitrogens with two attached hydrogens (primary N) is 1. The van der Waals surface area contributed by atoms with Crippen LogP contribution in [-0.2, 0) is 66.0 Å². The molecule has 8 rings (SSSR count). The minimum absolute atomic E-state index is 0.00241. The number of aromatic nitrogens is 11. The zero-order chi connectivity index (χ0) is 79.5. The first-order chi connectivity index (χ1) is 49.7. The summed E-state index contributed by atoms with van der Waals surface area (Å²) in [5.74, 6) is -4.17. The fourth-order valence-electron chi connectivity index (χ4n) is 12.6. The van der Waals surface area contributed by atoms with Gasteiger partial charge in [-0.15, -0.1) is 0 Å². The molecule has 0 aliphatic rings. The van der Waals surface area contributed by atoms with Crippen LogP contribution in [0.5, 0.6) is 5.75 Å². The molecule has 0 spiro atoms. The highest BCUT2D eigenvalue weighted by molar-refractivity contribution is 6.11. The van der Waals surface area contributed by atoms with Gasteiger partial charge in [0.1, 0.15) is 11.5 Å². The van der Waals surface area contributed by atoms with Crippen LogP contribution in [0.15, 0.2) is 80.0 Å². The Labute approximate surface area is 622 Å². The first kappa shape index (κ1) is 81.6. The minimum atomic E-state index is -1.38. The zero-order valence-corrected chi connectivity index (χ0v) is 65.1. The van der Waals surface area contributed by atoms with Gasteiger partial charge in [0.2, 0.25) is 17.4 Å². The first-order valence-electron chi connectivity index (χ1n) is 35.1. The van der Waals surface area contributed by atoms with E-state index in [1.54, 1.807) is 211 Å². The Morgan fingerprint density at radius 1 is 0.439 bits per heavy atom. The topological polar surface area (TPSA) is 415 Å². The maximum absolute atomic E-state index is 14.3. The second-order valence-corrected chi connectivity index (χ2v) is 30.6. The summed E-state index contributed by atoms with van der Waals surface area (Å²) in [6, 6.07) is 6.28. The fourth-order valence-corrected chi connectivity index (χ4v) is 12.6. The number of nitrogens with one attached hydrogen (secondary N) is 10. The van der Waals surface area contributed by atoms with Gasteiger partial charge in [0.05, 0.1) is 78.8 Å². The van der Waals surface area contributed by atoms with Crippen LogP contribution in [0.3, 0.4) is 0 Å². The van der Waals surface area contributed by atoms with Gasteiger partial charge < -0.3 is 101 Å². The summed E-state index contributed by atoms with van der Waals surface area (Å²) in [6.45, 7) is 24.0. The van der Waals surface area contributed by atoms with Crippen molar-refractivity contribution in [2.45, 2.75) is 143 Å². The predicted octanol–water partition coefficient (Wildman–Crippen LogP) is 6.71. The second kappa shape index (κ2) is 31.6. The average Bonchev–Trinajstić information content (AvgIpc) is 1.65. The number of ketones is 6. The van der Waals surface area contributed by atoms with E-state index in [-0.39, 0.29) is 112 Å². The van der Waals surface area contributed by atoms with Gasteiger partial charge in [-0.2, -0.15) is 0 Å². The van der Waals surface area contributed by atoms with E-state index in [0.29, 0.717) is 42.3 Å². The number of Topliss-reactive ketones (excluding diaryl/α,β-unsaturated/α-hetero) is 6. The molecule has 8 heterocycles. The maximum Gasteiger partial charge on any atom is 0.292 e. The third kappa shape index (κ3) is 18.6. The van der Waals surface area contributed by atoms with Crippen LogP contribution in [-0.4, -0.2) is 174 Å². The van der Waals surface area contributed by atoms with E-state index < -0.39 is 74.3 Å². The summed E-state index contributed by atoms with van der Waals surface area (Å²) in [7, 11) is 13.2. The minimum Gasteiger partial charge on any atom is -0.504 e. The Balaban J connectivity index is 0.797. The third-order valence-electron chi connectivity index (χ3n) is 18.9. The number of carbonyl (C=O) groups is 10. The van der Waals surface area contributed by atoms with Crippen LogP contribution in [0.25, 0.3) is 0 Å². The van der Waals surface area contributed by atoms with Crippen LogP contribution in [0.2, 0.25) is 0 Å². The summed E-state index contributed by atoms with van der Waals surface area (Å²) >= 11 is 0. The largest absolute Gasteiger partial charge is 0.504 e. The number of hydrogen-bond donors (Lipinski definition) is 12. The van der Waals surface area contributed by atoms with Gasteiger partial charge in [0.15, 0.2) is 52.0 Å². The molecule has 13 N–H and O–H groups in total. The van der Waals surface area contributed by atoms with Crippen molar-refractivity contribution in [1.82, 2.24) is 67.4 Å². The van der Waals surface area contributed by atoms with Crippen LogP contribution < -0.4 is 58.9 Å². The summed E-state index contributed by atoms with van der Waals surface area (Å²) < 4.78 is 12.3. The van der Waals surface area contributed by atoms with Crippen LogP contribution in [0.1, 0.15) is 194 Å². The molecule has 107 heavy (non-hydrogen) atoms. The van der Waals surface area contributed by atoms with Crippen molar-refractivity contribution in [1.29, 1.82) is 0 Å². The van der Waals surface area contributed by atoms with Gasteiger partial charge in [0.25, 0.3) is 23.6 Å². The van der Waals surface area contributed by atoms with E-state index in [1.165, 1.54) is 38.4 Å². The predicted molar refractivity (Wildman–Crippen MR) is 409 cm³/mol. The number of amides is 4. The van der Waals surface area contributed by atoms with Gasteiger partial charge >= 0.3 is 0 Å². The van der Waals surface area contributed by atoms with E-state index >= 15 is 0 Å². The van der Waals surface area contributed by atoms with Gasteiger partial charge in [-0.25, -0.2) is 15.0 Å². The van der Waals surface area contributed by atoms with Crippen molar-refractivity contribution in [3.05, 3.63) is 126 Å². The van der Waals surface area contributed by atoms with Gasteiger partial charge in [-0.1, -0.05) is 6.92 Å². The quantitative estimate of drug-likeness (QED) is 0.0142. The molecule has 8 aromatic heterocycles. The second-order valence-electron chi connectivity index (χ2n) is 30.6. The van der Waals surface area contributed by atoms with Crippen LogP contribution >= 0.6 is 0 Å². The Kier molecular flexibility index (Phi) is 24.1. The van der Waals surface area contributed by atoms with Gasteiger partial charge in [-0.3, -0.25) is 47.9 Å². The highest BCUT2D eigenvalue weighted by atomic mass is 16.3. The summed E-state index contributed by atoms with van der Waals surface area (Å²) in [5.41, 5.74) is 1.42. The van der Waals surface area contributed by atoms with Crippen molar-refractivity contribution < 1.29 is 53.1 Å². The maximum atomic E-state index is 14.3. The molecule has 0 aliphatic heterocycles. The van der Waals surface area contributed by atoms with Crippen LogP contribution in [0, 0.1) is 5.92 Å². The summed E-state index contributed by atoms with van der Waals surface area (Å²) in [5, 5.41) is 41.8. The molecule has 0 radical (unpaired) electrons. The molecule has 0 aromatic carbocycles. The lowest BCUT2D eigenvalue weighted by molar-refractivity contribution is -0.126. The van der Waals surface area contributed by atoms with Crippen molar-refractivity contribution in [3.8, 4) is 5.75 Å². The Bertz CT molecular complexity index is 4740. The highest BCUT2D eigenvalue weighted by Crippen LogP contribution is 2.35. The van der Waals surface area contributed by atoms with Crippen molar-refractivity contribution in [3.63, 3.8) is 0 Å². The molecule has 0 aliphatic carbocycles. The molecular weight excluding hydrogens is 1370 g/mol. The van der Waals surface area contributed by atoms with E-state index in [0.717, 1.165) is 6.42 Å². The number of nitrogens with zero attached hydrogens (tertiary/aromatic N) is 11. The molecule has 0 bridgehead atoms. The number of imidazole rings is 3. The molecule has 0 fully saturated rings. The number of anilines is 7. The van der Waals surface area contributed by atoms with Gasteiger partial charge in [0, 0.05) is 131 Å². The molecule has 8 aromatic rings. The molecular formula is C74H104N22O11. The fraction of sp³-hybridized carbons (Fsp3) is 0.473. The Hall–Kier alpha value is -11.0. The standard InChI is InChI=1S/C74H104N22O11/c1-42(23-27-78-70(4,5)58(100)49-32-44(36-91(49)16)81-66(105)55-56(98)47(39-94(55)19)87-74(12,13)61(103)62-83-53(40-95(62)20)85-67(106)63-76-29-30-89(63)14)57(99)72(8,9)88-54-41-96(21)64(84-54)68(107)82-45-33-50(92(17)37-45)60(102)73(10,11)86-46-34-51(93(18)38-46)65(104)80-43-31-48(90(15)35-43)59(101)71(6,7)79-28-24-52(97)69(2,3)77-26-22-25-75/h29-42,77-79,86-88,98H,22-28,75H2,1-21H3,(H,80,104)(H,81,105)(H,82,107)(H,85,106). The molecule has 576 valence electrons. The van der Waals surface area contributed by atoms with Crippen molar-refractivity contribution in [2.75, 3.05) is 63.4 Å². The summed E-state index contributed by atoms with van der Waals surface area (Å²) in [4.78, 5) is 150. The number of aryl methyl sites for hydroxylation is 8. The van der Waals surface area contributed by atoms with Gasteiger partial charge in [-0.05, 0) is 140 Å². The third-order valence-corrected chi connectivity index (χ3v) is 18.9. The Morgan fingerprint density at radius 2 is 0.897 bits per heavy atom. The Morgan fingerprint density at radius 3 is 1.45 bits per heavy atom. The number of hydrogen-bond acceptors (Lipinski definition) is 21. The molecule has 0 saturated carbocycles.